The second-order valence-corrected chi connectivity index (χ2v) is 5.89. The van der Waals surface area contributed by atoms with Crippen LogP contribution < -0.4 is 0 Å². The number of carbonyl (C=O) groups excluding carboxylic acids is 2. The molecule has 2 unspecified atom stereocenters. The Morgan fingerprint density at radius 1 is 1.31 bits per heavy atom. The van der Waals surface area contributed by atoms with Gasteiger partial charge < -0.3 is 0 Å². The van der Waals surface area contributed by atoms with E-state index >= 15 is 0 Å². The first-order chi connectivity index (χ1) is 7.52. The quantitative estimate of drug-likeness (QED) is 0.788. The van der Waals surface area contributed by atoms with E-state index in [1.165, 1.54) is 4.90 Å². The van der Waals surface area contributed by atoms with Gasteiger partial charge >= 0.3 is 0 Å². The molecule has 2 heterocycles. The van der Waals surface area contributed by atoms with Crippen molar-refractivity contribution < 1.29 is 9.59 Å². The molecule has 1 aromatic rings. The summed E-state index contributed by atoms with van der Waals surface area (Å²) in [6.45, 7) is 4.02. The van der Waals surface area contributed by atoms with Gasteiger partial charge in [-0.25, -0.2) is 0 Å². The first-order valence-electron chi connectivity index (χ1n) is 5.09. The lowest BCUT2D eigenvalue weighted by Gasteiger charge is -2.13. The van der Waals surface area contributed by atoms with Gasteiger partial charge in [-0.1, -0.05) is 13.8 Å². The van der Waals surface area contributed by atoms with Crippen molar-refractivity contribution >= 4 is 39.1 Å². The zero-order chi connectivity index (χ0) is 11.9. The van der Waals surface area contributed by atoms with Crippen molar-refractivity contribution in [2.75, 3.05) is 0 Å². The van der Waals surface area contributed by atoms with E-state index in [1.54, 1.807) is 11.3 Å². The van der Waals surface area contributed by atoms with Crippen LogP contribution in [0.1, 0.15) is 18.7 Å². The van der Waals surface area contributed by atoms with E-state index in [4.69, 9.17) is 0 Å². The highest BCUT2D eigenvalue weighted by Crippen LogP contribution is 2.30. The first kappa shape index (κ1) is 11.8. The number of rotatable bonds is 2. The molecule has 2 atom stereocenters. The standard InChI is InChI=1S/C11H12BrNO2S/c1-6-7(2)11(15)13(10(6)14)5-9-8(12)3-4-16-9/h3-4,6-7H,5H2,1-2H3. The number of imide groups is 1. The van der Waals surface area contributed by atoms with Crippen LogP contribution in [0, 0.1) is 11.8 Å². The summed E-state index contributed by atoms with van der Waals surface area (Å²) < 4.78 is 0.963. The van der Waals surface area contributed by atoms with E-state index in [0.29, 0.717) is 6.54 Å². The molecule has 3 nitrogen and oxygen atoms in total. The minimum atomic E-state index is -0.189. The average molecular weight is 302 g/mol. The van der Waals surface area contributed by atoms with Crippen molar-refractivity contribution in [1.29, 1.82) is 0 Å². The topological polar surface area (TPSA) is 37.4 Å². The summed E-state index contributed by atoms with van der Waals surface area (Å²) in [5.74, 6) is -0.493. The number of likely N-dealkylation sites (tertiary alicyclic amines) is 1. The number of hydrogen-bond acceptors (Lipinski definition) is 3. The minimum absolute atomic E-state index is 0.0576. The molecule has 1 saturated heterocycles. The number of halogens is 1. The Morgan fingerprint density at radius 3 is 2.31 bits per heavy atom. The van der Waals surface area contributed by atoms with Gasteiger partial charge in [-0.3, -0.25) is 14.5 Å². The molecule has 1 aliphatic rings. The van der Waals surface area contributed by atoms with Gasteiger partial charge in [0, 0.05) is 21.2 Å². The van der Waals surface area contributed by atoms with Gasteiger partial charge in [0.2, 0.25) is 11.8 Å². The lowest BCUT2D eigenvalue weighted by atomic mass is 10.00. The highest BCUT2D eigenvalue weighted by molar-refractivity contribution is 9.10. The molecular weight excluding hydrogens is 290 g/mol. The highest BCUT2D eigenvalue weighted by Gasteiger charge is 2.42. The number of hydrogen-bond donors (Lipinski definition) is 0. The largest absolute Gasteiger partial charge is 0.277 e. The fourth-order valence-corrected chi connectivity index (χ4v) is 3.23. The summed E-state index contributed by atoms with van der Waals surface area (Å²) in [6, 6.07) is 1.93. The third-order valence-electron chi connectivity index (χ3n) is 3.05. The molecule has 0 aliphatic carbocycles. The van der Waals surface area contributed by atoms with Crippen LogP contribution in [-0.4, -0.2) is 16.7 Å². The molecule has 0 bridgehead atoms. The molecule has 2 rings (SSSR count). The lowest BCUT2D eigenvalue weighted by Crippen LogP contribution is -2.30. The zero-order valence-corrected chi connectivity index (χ0v) is 11.5. The zero-order valence-electron chi connectivity index (χ0n) is 9.07. The number of nitrogens with zero attached hydrogens (tertiary/aromatic N) is 1. The Labute approximate surface area is 107 Å². The van der Waals surface area contributed by atoms with Crippen molar-refractivity contribution in [2.45, 2.75) is 20.4 Å². The first-order valence-corrected chi connectivity index (χ1v) is 6.76. The fraction of sp³-hybridized carbons (Fsp3) is 0.455. The van der Waals surface area contributed by atoms with E-state index in [2.05, 4.69) is 15.9 Å². The van der Waals surface area contributed by atoms with Gasteiger partial charge in [-0.2, -0.15) is 0 Å². The van der Waals surface area contributed by atoms with E-state index < -0.39 is 0 Å². The summed E-state index contributed by atoms with van der Waals surface area (Å²) in [5, 5.41) is 1.94. The molecular formula is C11H12BrNO2S. The summed E-state index contributed by atoms with van der Waals surface area (Å²) in [4.78, 5) is 26.1. The Balaban J connectivity index is 2.20. The van der Waals surface area contributed by atoms with Crippen LogP contribution >= 0.6 is 27.3 Å². The van der Waals surface area contributed by atoms with Gasteiger partial charge in [0.05, 0.1) is 6.54 Å². The lowest BCUT2D eigenvalue weighted by molar-refractivity contribution is -0.140. The van der Waals surface area contributed by atoms with Crippen LogP contribution in [0.2, 0.25) is 0 Å². The molecule has 5 heteroatoms. The second kappa shape index (κ2) is 4.30. The van der Waals surface area contributed by atoms with Crippen molar-refractivity contribution in [1.82, 2.24) is 4.90 Å². The van der Waals surface area contributed by atoms with Crippen LogP contribution in [0.5, 0.6) is 0 Å². The minimum Gasteiger partial charge on any atom is -0.277 e. The average Bonchev–Trinajstić information content (AvgIpc) is 2.73. The molecule has 86 valence electrons. The molecule has 16 heavy (non-hydrogen) atoms. The smallest absolute Gasteiger partial charge is 0.233 e. The van der Waals surface area contributed by atoms with E-state index in [9.17, 15) is 9.59 Å². The Kier molecular flexibility index (Phi) is 3.17. The van der Waals surface area contributed by atoms with Gasteiger partial charge in [0.25, 0.3) is 0 Å². The molecule has 2 amide bonds. The molecule has 1 aromatic heterocycles. The number of thiophene rings is 1. The summed E-state index contributed by atoms with van der Waals surface area (Å²) in [5.41, 5.74) is 0. The maximum Gasteiger partial charge on any atom is 0.233 e. The second-order valence-electron chi connectivity index (χ2n) is 4.03. The van der Waals surface area contributed by atoms with Gasteiger partial charge in [0.1, 0.15) is 0 Å². The van der Waals surface area contributed by atoms with E-state index in [-0.39, 0.29) is 23.7 Å². The summed E-state index contributed by atoms with van der Waals surface area (Å²) >= 11 is 4.95. The highest BCUT2D eigenvalue weighted by atomic mass is 79.9. The molecule has 0 spiro atoms. The number of carbonyl (C=O) groups is 2. The normalized spacial score (nSPS) is 25.6. The molecule has 1 aliphatic heterocycles. The van der Waals surface area contributed by atoms with Crippen LogP contribution in [0.25, 0.3) is 0 Å². The Bertz CT molecular complexity index is 423. The Hall–Kier alpha value is -0.680. The molecule has 0 aromatic carbocycles. The van der Waals surface area contributed by atoms with Crippen LogP contribution in [0.3, 0.4) is 0 Å². The third kappa shape index (κ3) is 1.82. The van der Waals surface area contributed by atoms with Gasteiger partial charge in [-0.05, 0) is 27.4 Å². The van der Waals surface area contributed by atoms with Gasteiger partial charge in [-0.15, -0.1) is 11.3 Å². The Morgan fingerprint density at radius 2 is 1.88 bits per heavy atom. The SMILES string of the molecule is CC1C(=O)N(Cc2sccc2Br)C(=O)C1C. The summed E-state index contributed by atoms with van der Waals surface area (Å²) in [7, 11) is 0. The fourth-order valence-electron chi connectivity index (χ4n) is 1.77. The molecule has 0 radical (unpaired) electrons. The van der Waals surface area contributed by atoms with E-state index in [0.717, 1.165) is 9.35 Å². The predicted molar refractivity (Wildman–Crippen MR) is 65.9 cm³/mol. The number of amides is 2. The van der Waals surface area contributed by atoms with Crippen LogP contribution in [0.4, 0.5) is 0 Å². The van der Waals surface area contributed by atoms with Crippen molar-refractivity contribution in [2.24, 2.45) is 11.8 Å². The summed E-state index contributed by atoms with van der Waals surface area (Å²) in [6.07, 6.45) is 0. The molecule has 0 N–H and O–H groups in total. The monoisotopic (exact) mass is 301 g/mol. The van der Waals surface area contributed by atoms with Crippen LogP contribution in [-0.2, 0) is 16.1 Å². The third-order valence-corrected chi connectivity index (χ3v) is 4.96. The van der Waals surface area contributed by atoms with Crippen LogP contribution in [0.15, 0.2) is 15.9 Å². The van der Waals surface area contributed by atoms with Crippen molar-refractivity contribution in [3.63, 3.8) is 0 Å². The molecule has 1 fully saturated rings. The predicted octanol–water partition coefficient (Wildman–Crippen LogP) is 2.65. The van der Waals surface area contributed by atoms with Gasteiger partial charge in [0.15, 0.2) is 0 Å². The van der Waals surface area contributed by atoms with E-state index in [1.807, 2.05) is 25.3 Å². The van der Waals surface area contributed by atoms with Crippen molar-refractivity contribution in [3.05, 3.63) is 20.8 Å². The molecule has 0 saturated carbocycles. The van der Waals surface area contributed by atoms with Crippen molar-refractivity contribution in [3.8, 4) is 0 Å². The maximum absolute atomic E-state index is 11.9. The maximum atomic E-state index is 11.9.